The molecule has 0 spiro atoms. The zero-order valence-electron chi connectivity index (χ0n) is 8.81. The molecule has 0 saturated carbocycles. The molecule has 1 rings (SSSR count). The molecule has 0 amide bonds. The Morgan fingerprint density at radius 1 is 1.33 bits per heavy atom. The lowest BCUT2D eigenvalue weighted by atomic mass is 9.98. The van der Waals surface area contributed by atoms with E-state index in [-0.39, 0.29) is 11.4 Å². The topological polar surface area (TPSA) is 18.5 Å². The van der Waals surface area contributed by atoms with E-state index in [1.54, 1.807) is 0 Å². The summed E-state index contributed by atoms with van der Waals surface area (Å²) in [4.78, 5) is 0. The molecule has 1 saturated heterocycles. The molecule has 0 aromatic rings. The lowest BCUT2D eigenvalue weighted by Crippen LogP contribution is -2.49. The molecule has 2 atom stereocenters. The van der Waals surface area contributed by atoms with Gasteiger partial charge in [-0.3, -0.25) is 0 Å². The zero-order chi connectivity index (χ0) is 9.41. The van der Waals surface area contributed by atoms with Crippen LogP contribution in [0.2, 0.25) is 0 Å². The number of ether oxygens (including phenoxy) is 2. The average molecular weight is 172 g/mol. The molecule has 12 heavy (non-hydrogen) atoms. The van der Waals surface area contributed by atoms with Crippen molar-refractivity contribution in [3.8, 4) is 0 Å². The second-order valence-electron chi connectivity index (χ2n) is 4.48. The zero-order valence-corrected chi connectivity index (χ0v) is 8.81. The molecule has 0 aromatic heterocycles. The van der Waals surface area contributed by atoms with Gasteiger partial charge in [-0.15, -0.1) is 0 Å². The Kier molecular flexibility index (Phi) is 2.50. The summed E-state index contributed by atoms with van der Waals surface area (Å²) in [5.74, 6) is -0.374. The molecule has 1 aliphatic heterocycles. The monoisotopic (exact) mass is 172 g/mol. The predicted molar refractivity (Wildman–Crippen MR) is 49.0 cm³/mol. The van der Waals surface area contributed by atoms with Crippen molar-refractivity contribution in [1.82, 2.24) is 0 Å². The van der Waals surface area contributed by atoms with E-state index in [2.05, 4.69) is 27.7 Å². The van der Waals surface area contributed by atoms with Gasteiger partial charge in [0, 0.05) is 6.42 Å². The first kappa shape index (κ1) is 10.0. The fourth-order valence-corrected chi connectivity index (χ4v) is 1.97. The van der Waals surface area contributed by atoms with Crippen LogP contribution in [0.1, 0.15) is 47.5 Å². The molecule has 72 valence electrons. The van der Waals surface area contributed by atoms with Gasteiger partial charge in [0.15, 0.2) is 5.79 Å². The van der Waals surface area contributed by atoms with E-state index in [1.807, 2.05) is 6.92 Å². The summed E-state index contributed by atoms with van der Waals surface area (Å²) >= 11 is 0. The molecule has 1 heterocycles. The minimum Gasteiger partial charge on any atom is -0.347 e. The Morgan fingerprint density at radius 2 is 1.92 bits per heavy atom. The first-order chi connectivity index (χ1) is 5.37. The SMILES string of the molecule is CC[C@]1(C)O[C@@H](C)CC(C)(C)O1. The summed E-state index contributed by atoms with van der Waals surface area (Å²) in [6.07, 6.45) is 2.18. The number of hydrogen-bond donors (Lipinski definition) is 0. The molecule has 1 fully saturated rings. The normalized spacial score (nSPS) is 41.2. The Labute approximate surface area is 75.2 Å². The van der Waals surface area contributed by atoms with Crippen molar-refractivity contribution < 1.29 is 9.47 Å². The largest absolute Gasteiger partial charge is 0.347 e. The van der Waals surface area contributed by atoms with Gasteiger partial charge in [-0.05, 0) is 34.1 Å². The van der Waals surface area contributed by atoms with Gasteiger partial charge in [0.1, 0.15) is 0 Å². The van der Waals surface area contributed by atoms with E-state index in [9.17, 15) is 0 Å². The quantitative estimate of drug-likeness (QED) is 0.605. The Hall–Kier alpha value is -0.0800. The highest BCUT2D eigenvalue weighted by molar-refractivity contribution is 4.82. The number of rotatable bonds is 1. The van der Waals surface area contributed by atoms with Crippen LogP contribution in [0.4, 0.5) is 0 Å². The molecule has 0 bridgehead atoms. The van der Waals surface area contributed by atoms with Gasteiger partial charge in [-0.25, -0.2) is 0 Å². The molecular formula is C10H20O2. The summed E-state index contributed by atoms with van der Waals surface area (Å²) in [6.45, 7) is 10.5. The van der Waals surface area contributed by atoms with Crippen LogP contribution in [0.5, 0.6) is 0 Å². The molecule has 2 heteroatoms. The molecule has 0 aliphatic carbocycles. The van der Waals surface area contributed by atoms with E-state index in [1.165, 1.54) is 0 Å². The van der Waals surface area contributed by atoms with E-state index in [4.69, 9.17) is 9.47 Å². The van der Waals surface area contributed by atoms with E-state index in [0.717, 1.165) is 12.8 Å². The van der Waals surface area contributed by atoms with Crippen LogP contribution in [0.3, 0.4) is 0 Å². The number of hydrogen-bond acceptors (Lipinski definition) is 2. The first-order valence-electron chi connectivity index (χ1n) is 4.75. The smallest absolute Gasteiger partial charge is 0.166 e. The Bertz CT molecular complexity index is 165. The molecule has 0 aromatic carbocycles. The summed E-state index contributed by atoms with van der Waals surface area (Å²) in [7, 11) is 0. The van der Waals surface area contributed by atoms with Crippen LogP contribution in [0, 0.1) is 0 Å². The highest BCUT2D eigenvalue weighted by atomic mass is 16.7. The van der Waals surface area contributed by atoms with Gasteiger partial charge in [0.05, 0.1) is 11.7 Å². The molecule has 2 nitrogen and oxygen atoms in total. The second kappa shape index (κ2) is 3.00. The maximum absolute atomic E-state index is 5.86. The van der Waals surface area contributed by atoms with Crippen LogP contribution in [0.25, 0.3) is 0 Å². The standard InChI is InChI=1S/C10H20O2/c1-6-10(5)11-8(2)7-9(3,4)12-10/h8H,6-7H2,1-5H3/t8-,10+/m0/s1. The third-order valence-corrected chi connectivity index (χ3v) is 2.36. The van der Waals surface area contributed by atoms with Crippen LogP contribution in [-0.4, -0.2) is 17.5 Å². The van der Waals surface area contributed by atoms with Crippen molar-refractivity contribution in [2.24, 2.45) is 0 Å². The highest BCUT2D eigenvalue weighted by Gasteiger charge is 2.40. The van der Waals surface area contributed by atoms with E-state index < -0.39 is 0 Å². The fraction of sp³-hybridized carbons (Fsp3) is 1.00. The van der Waals surface area contributed by atoms with Gasteiger partial charge >= 0.3 is 0 Å². The van der Waals surface area contributed by atoms with Crippen molar-refractivity contribution in [2.75, 3.05) is 0 Å². The third-order valence-electron chi connectivity index (χ3n) is 2.36. The van der Waals surface area contributed by atoms with Crippen LogP contribution in [0.15, 0.2) is 0 Å². The molecule has 0 N–H and O–H groups in total. The van der Waals surface area contributed by atoms with Crippen molar-refractivity contribution in [3.05, 3.63) is 0 Å². The van der Waals surface area contributed by atoms with Crippen molar-refractivity contribution >= 4 is 0 Å². The summed E-state index contributed by atoms with van der Waals surface area (Å²) in [6, 6.07) is 0. The predicted octanol–water partition coefficient (Wildman–Crippen LogP) is 2.72. The summed E-state index contributed by atoms with van der Waals surface area (Å²) in [5, 5.41) is 0. The highest BCUT2D eigenvalue weighted by Crippen LogP contribution is 2.35. The van der Waals surface area contributed by atoms with Gasteiger partial charge in [-0.1, -0.05) is 6.92 Å². The van der Waals surface area contributed by atoms with E-state index >= 15 is 0 Å². The van der Waals surface area contributed by atoms with Gasteiger partial charge < -0.3 is 9.47 Å². The molecule has 1 aliphatic rings. The first-order valence-corrected chi connectivity index (χ1v) is 4.75. The van der Waals surface area contributed by atoms with Crippen LogP contribution in [-0.2, 0) is 9.47 Å². The lowest BCUT2D eigenvalue weighted by molar-refractivity contribution is -0.331. The Balaban J connectivity index is 2.70. The van der Waals surface area contributed by atoms with Gasteiger partial charge in [-0.2, -0.15) is 0 Å². The third kappa shape index (κ3) is 2.20. The molecule has 0 unspecified atom stereocenters. The fourth-order valence-electron chi connectivity index (χ4n) is 1.97. The van der Waals surface area contributed by atoms with E-state index in [0.29, 0.717) is 6.10 Å². The van der Waals surface area contributed by atoms with Crippen molar-refractivity contribution in [2.45, 2.75) is 65.0 Å². The maximum atomic E-state index is 5.86. The lowest BCUT2D eigenvalue weighted by Gasteiger charge is -2.45. The summed E-state index contributed by atoms with van der Waals surface area (Å²) in [5.41, 5.74) is -0.0393. The van der Waals surface area contributed by atoms with Gasteiger partial charge in [0.2, 0.25) is 0 Å². The molecular weight excluding hydrogens is 152 g/mol. The van der Waals surface area contributed by atoms with Crippen molar-refractivity contribution in [1.29, 1.82) is 0 Å². The molecule has 0 radical (unpaired) electrons. The summed E-state index contributed by atoms with van der Waals surface area (Å²) < 4.78 is 11.6. The maximum Gasteiger partial charge on any atom is 0.166 e. The minimum absolute atomic E-state index is 0.0393. The van der Waals surface area contributed by atoms with Crippen molar-refractivity contribution in [3.63, 3.8) is 0 Å². The Morgan fingerprint density at radius 3 is 2.33 bits per heavy atom. The van der Waals surface area contributed by atoms with Crippen LogP contribution < -0.4 is 0 Å². The van der Waals surface area contributed by atoms with Crippen LogP contribution >= 0.6 is 0 Å². The minimum atomic E-state index is -0.374. The second-order valence-corrected chi connectivity index (χ2v) is 4.48. The average Bonchev–Trinajstić information content (AvgIpc) is 1.82. The van der Waals surface area contributed by atoms with Gasteiger partial charge in [0.25, 0.3) is 0 Å².